The number of nitrogens with one attached hydrogen (secondary N) is 2. The minimum atomic E-state index is -0.467. The van der Waals surface area contributed by atoms with Crippen LogP contribution in [0, 0.1) is 12.7 Å². The van der Waals surface area contributed by atoms with Gasteiger partial charge in [-0.15, -0.1) is 0 Å². The van der Waals surface area contributed by atoms with Crippen LogP contribution >= 0.6 is 11.6 Å². The SMILES string of the molecule is Cc1nc(NN)cc(Nc2ccc(F)c(Cl)c2)n1. The highest BCUT2D eigenvalue weighted by Crippen LogP contribution is 2.22. The minimum Gasteiger partial charge on any atom is -0.340 e. The van der Waals surface area contributed by atoms with Crippen molar-refractivity contribution in [2.24, 2.45) is 5.84 Å². The van der Waals surface area contributed by atoms with E-state index in [1.54, 1.807) is 19.1 Å². The van der Waals surface area contributed by atoms with E-state index in [1.165, 1.54) is 12.1 Å². The average molecular weight is 268 g/mol. The summed E-state index contributed by atoms with van der Waals surface area (Å²) in [4.78, 5) is 8.23. The van der Waals surface area contributed by atoms with Gasteiger partial charge in [0.05, 0.1) is 5.02 Å². The van der Waals surface area contributed by atoms with E-state index in [2.05, 4.69) is 20.7 Å². The monoisotopic (exact) mass is 267 g/mol. The zero-order valence-electron chi connectivity index (χ0n) is 9.54. The summed E-state index contributed by atoms with van der Waals surface area (Å²) in [7, 11) is 0. The lowest BCUT2D eigenvalue weighted by Crippen LogP contribution is -2.10. The van der Waals surface area contributed by atoms with Crippen molar-refractivity contribution in [1.82, 2.24) is 9.97 Å². The fourth-order valence-corrected chi connectivity index (χ4v) is 1.61. The Balaban J connectivity index is 2.27. The first kappa shape index (κ1) is 12.5. The highest BCUT2D eigenvalue weighted by Gasteiger charge is 2.04. The van der Waals surface area contributed by atoms with E-state index < -0.39 is 5.82 Å². The second-order valence-corrected chi connectivity index (χ2v) is 3.99. The van der Waals surface area contributed by atoms with Gasteiger partial charge >= 0.3 is 0 Å². The summed E-state index contributed by atoms with van der Waals surface area (Å²) < 4.78 is 13.0. The van der Waals surface area contributed by atoms with Gasteiger partial charge in [0, 0.05) is 11.8 Å². The largest absolute Gasteiger partial charge is 0.340 e. The Hall–Kier alpha value is -1.92. The highest BCUT2D eigenvalue weighted by molar-refractivity contribution is 6.31. The van der Waals surface area contributed by atoms with Crippen LogP contribution in [-0.2, 0) is 0 Å². The molecule has 18 heavy (non-hydrogen) atoms. The maximum Gasteiger partial charge on any atom is 0.145 e. The number of rotatable bonds is 3. The number of aryl methyl sites for hydroxylation is 1. The number of hydrazine groups is 1. The van der Waals surface area contributed by atoms with Crippen LogP contribution in [0.2, 0.25) is 5.02 Å². The predicted octanol–water partition coefficient (Wildman–Crippen LogP) is 2.61. The molecule has 0 aliphatic rings. The van der Waals surface area contributed by atoms with Crippen LogP contribution in [-0.4, -0.2) is 9.97 Å². The number of hydrogen-bond donors (Lipinski definition) is 3. The first-order valence-corrected chi connectivity index (χ1v) is 5.50. The summed E-state index contributed by atoms with van der Waals surface area (Å²) in [5.74, 6) is 6.40. The molecule has 0 saturated carbocycles. The van der Waals surface area contributed by atoms with E-state index in [0.717, 1.165) is 0 Å². The van der Waals surface area contributed by atoms with Crippen molar-refractivity contribution < 1.29 is 4.39 Å². The van der Waals surface area contributed by atoms with Gasteiger partial charge in [-0.2, -0.15) is 0 Å². The molecular weight excluding hydrogens is 257 g/mol. The van der Waals surface area contributed by atoms with Crippen LogP contribution in [0.25, 0.3) is 0 Å². The van der Waals surface area contributed by atoms with Crippen molar-refractivity contribution in [2.75, 3.05) is 10.7 Å². The highest BCUT2D eigenvalue weighted by atomic mass is 35.5. The van der Waals surface area contributed by atoms with E-state index in [9.17, 15) is 4.39 Å². The number of aromatic nitrogens is 2. The number of nitrogens with zero attached hydrogens (tertiary/aromatic N) is 2. The summed E-state index contributed by atoms with van der Waals surface area (Å²) >= 11 is 5.69. The van der Waals surface area contributed by atoms with Crippen LogP contribution < -0.4 is 16.6 Å². The predicted molar refractivity (Wildman–Crippen MR) is 69.3 cm³/mol. The first-order chi connectivity index (χ1) is 8.58. The number of benzene rings is 1. The van der Waals surface area contributed by atoms with Crippen LogP contribution in [0.1, 0.15) is 5.82 Å². The third-order valence-corrected chi connectivity index (χ3v) is 2.47. The smallest absolute Gasteiger partial charge is 0.145 e. The van der Waals surface area contributed by atoms with Gasteiger partial charge in [-0.25, -0.2) is 20.2 Å². The van der Waals surface area contributed by atoms with Crippen LogP contribution in [0.5, 0.6) is 0 Å². The lowest BCUT2D eigenvalue weighted by molar-refractivity contribution is 0.628. The Morgan fingerprint density at radius 1 is 1.22 bits per heavy atom. The van der Waals surface area contributed by atoms with Gasteiger partial charge in [0.1, 0.15) is 23.3 Å². The summed E-state index contributed by atoms with van der Waals surface area (Å²) in [5, 5.41) is 3.03. The van der Waals surface area contributed by atoms with Crippen LogP contribution in [0.4, 0.5) is 21.7 Å². The number of anilines is 3. The molecule has 0 radical (unpaired) electrons. The lowest BCUT2D eigenvalue weighted by Gasteiger charge is -2.08. The van der Waals surface area contributed by atoms with Crippen molar-refractivity contribution in [3.63, 3.8) is 0 Å². The van der Waals surface area contributed by atoms with Gasteiger partial charge in [-0.1, -0.05) is 11.6 Å². The van der Waals surface area contributed by atoms with E-state index in [4.69, 9.17) is 17.4 Å². The maximum atomic E-state index is 13.0. The van der Waals surface area contributed by atoms with Crippen molar-refractivity contribution in [3.8, 4) is 0 Å². The molecule has 0 aliphatic heterocycles. The third kappa shape index (κ3) is 2.85. The van der Waals surface area contributed by atoms with Crippen molar-refractivity contribution in [2.45, 2.75) is 6.92 Å². The summed E-state index contributed by atoms with van der Waals surface area (Å²) in [6, 6.07) is 5.95. The lowest BCUT2D eigenvalue weighted by atomic mass is 10.3. The molecule has 1 heterocycles. The third-order valence-electron chi connectivity index (χ3n) is 2.18. The topological polar surface area (TPSA) is 75.9 Å². The second-order valence-electron chi connectivity index (χ2n) is 3.58. The fraction of sp³-hybridized carbons (Fsp3) is 0.0909. The molecule has 94 valence electrons. The van der Waals surface area contributed by atoms with E-state index >= 15 is 0 Å². The summed E-state index contributed by atoms with van der Waals surface area (Å²) in [6.07, 6.45) is 0. The van der Waals surface area contributed by atoms with Crippen LogP contribution in [0.3, 0.4) is 0 Å². The number of nitrogen functional groups attached to an aromatic ring is 1. The molecule has 1 aromatic heterocycles. The fourth-order valence-electron chi connectivity index (χ4n) is 1.43. The molecule has 0 amide bonds. The van der Waals surface area contributed by atoms with E-state index in [0.29, 0.717) is 23.1 Å². The molecule has 5 nitrogen and oxygen atoms in total. The molecule has 0 unspecified atom stereocenters. The average Bonchev–Trinajstić information content (AvgIpc) is 2.33. The molecule has 2 aromatic rings. The molecule has 0 saturated heterocycles. The summed E-state index contributed by atoms with van der Waals surface area (Å²) in [6.45, 7) is 1.74. The maximum absolute atomic E-state index is 13.0. The number of hydrogen-bond acceptors (Lipinski definition) is 5. The Morgan fingerprint density at radius 2 is 1.94 bits per heavy atom. The van der Waals surface area contributed by atoms with Crippen molar-refractivity contribution in [1.29, 1.82) is 0 Å². The molecule has 0 bridgehead atoms. The Bertz CT molecular complexity index is 575. The molecule has 0 atom stereocenters. The zero-order chi connectivity index (χ0) is 13.1. The molecule has 1 aromatic carbocycles. The first-order valence-electron chi connectivity index (χ1n) is 5.13. The molecule has 0 aliphatic carbocycles. The molecular formula is C11H11ClFN5. The van der Waals surface area contributed by atoms with Gasteiger partial charge < -0.3 is 10.7 Å². The molecule has 0 spiro atoms. The Kier molecular flexibility index (Phi) is 3.59. The van der Waals surface area contributed by atoms with Gasteiger partial charge in [0.2, 0.25) is 0 Å². The quantitative estimate of drug-likeness (QED) is 0.589. The standard InChI is InChI=1S/C11H11ClFN5/c1-6-15-10(5-11(16-6)18-14)17-7-2-3-9(13)8(12)4-7/h2-5H,14H2,1H3,(H2,15,16,17,18). The van der Waals surface area contributed by atoms with E-state index in [1.807, 2.05) is 0 Å². The van der Waals surface area contributed by atoms with E-state index in [-0.39, 0.29) is 5.02 Å². The minimum absolute atomic E-state index is 0.0444. The molecule has 4 N–H and O–H groups in total. The molecule has 2 rings (SSSR count). The number of nitrogens with two attached hydrogens (primary N) is 1. The van der Waals surface area contributed by atoms with Gasteiger partial charge in [-0.3, -0.25) is 0 Å². The summed E-state index contributed by atoms with van der Waals surface area (Å²) in [5.41, 5.74) is 3.06. The van der Waals surface area contributed by atoms with Gasteiger partial charge in [0.15, 0.2) is 0 Å². The molecule has 0 fully saturated rings. The zero-order valence-corrected chi connectivity index (χ0v) is 10.3. The Labute approximate surface area is 108 Å². The van der Waals surface area contributed by atoms with Crippen molar-refractivity contribution >= 4 is 28.9 Å². The molecule has 7 heteroatoms. The number of halogens is 2. The van der Waals surface area contributed by atoms with Crippen LogP contribution in [0.15, 0.2) is 24.3 Å². The second kappa shape index (κ2) is 5.16. The van der Waals surface area contributed by atoms with Gasteiger partial charge in [0.25, 0.3) is 0 Å². The van der Waals surface area contributed by atoms with Gasteiger partial charge in [-0.05, 0) is 25.1 Å². The Morgan fingerprint density at radius 3 is 2.61 bits per heavy atom. The normalized spacial score (nSPS) is 10.2. The van der Waals surface area contributed by atoms with Crippen molar-refractivity contribution in [3.05, 3.63) is 40.9 Å².